The number of amides is 1. The fraction of sp³-hybridized carbons (Fsp3) is 0.353. The molecule has 0 radical (unpaired) electrons. The molecule has 1 fully saturated rings. The number of piperazine rings is 1. The topological polar surface area (TPSA) is 48.8 Å². The van der Waals surface area contributed by atoms with E-state index in [1.54, 1.807) is 12.4 Å². The van der Waals surface area contributed by atoms with Crippen molar-refractivity contribution in [3.63, 3.8) is 0 Å². The summed E-state index contributed by atoms with van der Waals surface area (Å²) < 4.78 is 37.5. The van der Waals surface area contributed by atoms with Crippen LogP contribution in [0.1, 0.15) is 11.1 Å². The summed E-state index contributed by atoms with van der Waals surface area (Å²) in [6, 6.07) is 1.98. The van der Waals surface area contributed by atoms with E-state index in [0.29, 0.717) is 13.1 Å². The molecule has 8 heteroatoms. The fourth-order valence-corrected chi connectivity index (χ4v) is 3.28. The third kappa shape index (κ3) is 2.92. The molecule has 0 N–H and O–H groups in total. The van der Waals surface area contributed by atoms with Crippen LogP contribution in [0.4, 0.5) is 13.2 Å². The number of aliphatic imine (C=N–C) groups is 1. The van der Waals surface area contributed by atoms with Gasteiger partial charge in [-0.15, -0.1) is 0 Å². The Hall–Kier alpha value is -2.64. The Morgan fingerprint density at radius 3 is 2.60 bits per heavy atom. The summed E-state index contributed by atoms with van der Waals surface area (Å²) in [5.74, 6) is -1.01. The van der Waals surface area contributed by atoms with Crippen molar-refractivity contribution in [2.75, 3.05) is 26.2 Å². The molecule has 130 valence electrons. The first-order valence-corrected chi connectivity index (χ1v) is 7.97. The number of aromatic nitrogens is 1. The van der Waals surface area contributed by atoms with Crippen molar-refractivity contribution < 1.29 is 18.0 Å². The van der Waals surface area contributed by atoms with Crippen molar-refractivity contribution >= 4 is 17.8 Å². The predicted octanol–water partition coefficient (Wildman–Crippen LogP) is 2.02. The summed E-state index contributed by atoms with van der Waals surface area (Å²) in [5.41, 5.74) is 4.20. The molecule has 3 heterocycles. The molecule has 1 amide bonds. The number of nitrogens with zero attached hydrogens (tertiary/aromatic N) is 4. The molecule has 0 saturated carbocycles. The van der Waals surface area contributed by atoms with Gasteiger partial charge >= 0.3 is 12.1 Å². The zero-order valence-electron chi connectivity index (χ0n) is 13.3. The van der Waals surface area contributed by atoms with Gasteiger partial charge in [-0.2, -0.15) is 13.2 Å². The number of hydrogen-bond acceptors (Lipinski definition) is 4. The van der Waals surface area contributed by atoms with Crippen LogP contribution in [-0.2, 0) is 11.2 Å². The highest BCUT2D eigenvalue weighted by Crippen LogP contribution is 2.32. The first kappa shape index (κ1) is 15.9. The SMILES string of the molecule is O=C(N1CCN(C2=NC3=Cc4cnccc4CC3=C2)CC1)C(F)(F)F. The Bertz CT molecular complexity index is 817. The van der Waals surface area contributed by atoms with Crippen LogP contribution in [0.5, 0.6) is 0 Å². The van der Waals surface area contributed by atoms with Gasteiger partial charge in [0.1, 0.15) is 5.84 Å². The lowest BCUT2D eigenvalue weighted by Crippen LogP contribution is -2.53. The van der Waals surface area contributed by atoms with Gasteiger partial charge in [0.2, 0.25) is 0 Å². The van der Waals surface area contributed by atoms with Gasteiger partial charge < -0.3 is 9.80 Å². The fourth-order valence-electron chi connectivity index (χ4n) is 3.28. The molecule has 0 spiro atoms. The van der Waals surface area contributed by atoms with Gasteiger partial charge in [0.15, 0.2) is 0 Å². The minimum atomic E-state index is -4.81. The number of fused-ring (bicyclic) bond motifs is 2. The average molecular weight is 348 g/mol. The molecule has 1 saturated heterocycles. The molecular formula is C17H15F3N4O. The van der Waals surface area contributed by atoms with Crippen molar-refractivity contribution in [3.8, 4) is 0 Å². The standard InChI is InChI=1S/C17H15F3N4O/c18-17(19,20)16(25)24-5-3-23(4-6-24)15-9-12-7-11-1-2-21-10-13(11)8-14(12)22-15/h1-2,8-10H,3-7H2. The van der Waals surface area contributed by atoms with E-state index in [0.717, 1.165) is 34.0 Å². The van der Waals surface area contributed by atoms with Crippen LogP contribution in [0.3, 0.4) is 0 Å². The number of hydrogen-bond donors (Lipinski definition) is 0. The summed E-state index contributed by atoms with van der Waals surface area (Å²) >= 11 is 0. The quantitative estimate of drug-likeness (QED) is 0.721. The number of carbonyl (C=O) groups excluding carboxylic acids is 1. The normalized spacial score (nSPS) is 19.7. The average Bonchev–Trinajstić information content (AvgIpc) is 3.01. The first-order valence-electron chi connectivity index (χ1n) is 7.97. The summed E-state index contributed by atoms with van der Waals surface area (Å²) in [6.45, 7) is 0.770. The van der Waals surface area contributed by atoms with Gasteiger partial charge in [-0.1, -0.05) is 0 Å². The van der Waals surface area contributed by atoms with Crippen LogP contribution in [0.2, 0.25) is 0 Å². The van der Waals surface area contributed by atoms with Crippen molar-refractivity contribution in [1.29, 1.82) is 0 Å². The van der Waals surface area contributed by atoms with Crippen molar-refractivity contribution in [2.24, 2.45) is 4.99 Å². The molecule has 4 rings (SSSR count). The molecule has 0 unspecified atom stereocenters. The van der Waals surface area contributed by atoms with Crippen LogP contribution < -0.4 is 0 Å². The molecule has 1 aromatic heterocycles. The molecule has 5 nitrogen and oxygen atoms in total. The lowest BCUT2D eigenvalue weighted by molar-refractivity contribution is -0.186. The molecule has 0 bridgehead atoms. The molecule has 1 aliphatic carbocycles. The zero-order chi connectivity index (χ0) is 17.6. The number of carbonyl (C=O) groups is 1. The summed E-state index contributed by atoms with van der Waals surface area (Å²) in [4.78, 5) is 22.8. The summed E-state index contributed by atoms with van der Waals surface area (Å²) in [6.07, 6.45) is 3.47. The number of alkyl halides is 3. The van der Waals surface area contributed by atoms with E-state index in [4.69, 9.17) is 0 Å². The van der Waals surface area contributed by atoms with E-state index >= 15 is 0 Å². The van der Waals surface area contributed by atoms with Gasteiger partial charge in [0, 0.05) is 45.0 Å². The Labute approximate surface area is 142 Å². The maximum atomic E-state index is 12.5. The summed E-state index contributed by atoms with van der Waals surface area (Å²) in [7, 11) is 0. The molecule has 1 aromatic rings. The molecule has 2 aliphatic heterocycles. The van der Waals surface area contributed by atoms with E-state index in [-0.39, 0.29) is 13.1 Å². The van der Waals surface area contributed by atoms with Gasteiger partial charge in [-0.05, 0) is 34.9 Å². The van der Waals surface area contributed by atoms with Gasteiger partial charge in [-0.25, -0.2) is 4.99 Å². The Kier molecular flexibility index (Phi) is 3.63. The maximum Gasteiger partial charge on any atom is 0.471 e. The molecule has 0 aromatic carbocycles. The monoisotopic (exact) mass is 348 g/mol. The number of amidine groups is 1. The Balaban J connectivity index is 1.46. The van der Waals surface area contributed by atoms with Gasteiger partial charge in [0.25, 0.3) is 0 Å². The molecule has 25 heavy (non-hydrogen) atoms. The van der Waals surface area contributed by atoms with Crippen LogP contribution in [0.25, 0.3) is 6.08 Å². The van der Waals surface area contributed by atoms with Crippen LogP contribution in [0, 0.1) is 0 Å². The maximum absolute atomic E-state index is 12.5. The lowest BCUT2D eigenvalue weighted by atomic mass is 9.94. The molecular weight excluding hydrogens is 333 g/mol. The Morgan fingerprint density at radius 1 is 1.12 bits per heavy atom. The number of halogens is 3. The second-order valence-electron chi connectivity index (χ2n) is 6.20. The van der Waals surface area contributed by atoms with Crippen molar-refractivity contribution in [2.45, 2.75) is 12.6 Å². The van der Waals surface area contributed by atoms with Gasteiger partial charge in [0.05, 0.1) is 5.70 Å². The van der Waals surface area contributed by atoms with E-state index < -0.39 is 12.1 Å². The third-order valence-corrected chi connectivity index (χ3v) is 4.62. The first-order chi connectivity index (χ1) is 11.9. The van der Waals surface area contributed by atoms with Crippen molar-refractivity contribution in [3.05, 3.63) is 46.9 Å². The molecule has 0 atom stereocenters. The van der Waals surface area contributed by atoms with Crippen LogP contribution in [-0.4, -0.2) is 58.9 Å². The second kappa shape index (κ2) is 5.72. The number of pyridine rings is 1. The van der Waals surface area contributed by atoms with E-state index in [1.165, 1.54) is 5.56 Å². The van der Waals surface area contributed by atoms with E-state index in [1.807, 2.05) is 23.1 Å². The summed E-state index contributed by atoms with van der Waals surface area (Å²) in [5, 5.41) is 0. The number of allylic oxidation sites excluding steroid dienone is 1. The predicted molar refractivity (Wildman–Crippen MR) is 85.6 cm³/mol. The lowest BCUT2D eigenvalue weighted by Gasteiger charge is -2.35. The van der Waals surface area contributed by atoms with E-state index in [9.17, 15) is 18.0 Å². The van der Waals surface area contributed by atoms with E-state index in [2.05, 4.69) is 9.98 Å². The molecule has 3 aliphatic rings. The minimum Gasteiger partial charge on any atom is -0.353 e. The number of rotatable bonds is 0. The van der Waals surface area contributed by atoms with Crippen molar-refractivity contribution in [1.82, 2.24) is 14.8 Å². The largest absolute Gasteiger partial charge is 0.471 e. The highest BCUT2D eigenvalue weighted by Gasteiger charge is 2.43. The van der Waals surface area contributed by atoms with Crippen LogP contribution >= 0.6 is 0 Å². The second-order valence-corrected chi connectivity index (χ2v) is 6.20. The van der Waals surface area contributed by atoms with Gasteiger partial charge in [-0.3, -0.25) is 9.78 Å². The highest BCUT2D eigenvalue weighted by atomic mass is 19.4. The smallest absolute Gasteiger partial charge is 0.353 e. The third-order valence-electron chi connectivity index (χ3n) is 4.62. The zero-order valence-corrected chi connectivity index (χ0v) is 13.3. The minimum absolute atomic E-state index is 0.0454. The highest BCUT2D eigenvalue weighted by molar-refractivity contribution is 5.99. The Morgan fingerprint density at radius 2 is 1.88 bits per heavy atom. The van der Waals surface area contributed by atoms with Crippen LogP contribution in [0.15, 0.2) is 40.8 Å².